The Morgan fingerprint density at radius 2 is 2.05 bits per heavy atom. The molecule has 1 aromatic heterocycles. The van der Waals surface area contributed by atoms with Crippen LogP contribution in [-0.2, 0) is 10.0 Å². The van der Waals surface area contributed by atoms with Crippen molar-refractivity contribution in [1.82, 2.24) is 4.72 Å². The fourth-order valence-corrected chi connectivity index (χ4v) is 6.76. The average molecular weight is 435 g/mol. The first-order chi connectivity index (χ1) is 8.53. The predicted octanol–water partition coefficient (Wildman–Crippen LogP) is 3.35. The van der Waals surface area contributed by atoms with E-state index in [1.807, 2.05) is 13.8 Å². The minimum Gasteiger partial charge on any atom is -0.389 e. The topological polar surface area (TPSA) is 66.4 Å². The maximum Gasteiger partial charge on any atom is 0.242 e. The standard InChI is InChI=1S/C11H17Br2NO3S2/c1-7(2)5-11(3,15)6-14-19(16,17)8-4-9(12)18-10(8)13/h4,7,14-15H,5-6H2,1-3H3. The molecule has 110 valence electrons. The van der Waals surface area contributed by atoms with Crippen LogP contribution in [0.15, 0.2) is 18.5 Å². The minimum atomic E-state index is -3.62. The summed E-state index contributed by atoms with van der Waals surface area (Å²) in [7, 11) is -3.62. The van der Waals surface area contributed by atoms with E-state index in [0.717, 1.165) is 3.79 Å². The third-order valence-corrected chi connectivity index (χ3v) is 6.56. The van der Waals surface area contributed by atoms with Crippen LogP contribution in [0.25, 0.3) is 0 Å². The highest BCUT2D eigenvalue weighted by molar-refractivity contribution is 9.12. The summed E-state index contributed by atoms with van der Waals surface area (Å²) in [6.07, 6.45) is 0.532. The van der Waals surface area contributed by atoms with E-state index in [9.17, 15) is 13.5 Å². The first kappa shape index (κ1) is 17.6. The van der Waals surface area contributed by atoms with Gasteiger partial charge in [-0.1, -0.05) is 13.8 Å². The molecule has 0 aromatic carbocycles. The Bertz CT molecular complexity index is 538. The van der Waals surface area contributed by atoms with Gasteiger partial charge in [0.25, 0.3) is 0 Å². The van der Waals surface area contributed by atoms with E-state index in [2.05, 4.69) is 36.6 Å². The van der Waals surface area contributed by atoms with E-state index in [1.165, 1.54) is 17.4 Å². The molecule has 0 saturated heterocycles. The first-order valence-electron chi connectivity index (χ1n) is 5.70. The maximum absolute atomic E-state index is 12.1. The summed E-state index contributed by atoms with van der Waals surface area (Å²) >= 11 is 7.76. The van der Waals surface area contributed by atoms with Crippen molar-refractivity contribution in [3.63, 3.8) is 0 Å². The number of thiophene rings is 1. The lowest BCUT2D eigenvalue weighted by Gasteiger charge is -2.25. The molecule has 19 heavy (non-hydrogen) atoms. The fraction of sp³-hybridized carbons (Fsp3) is 0.636. The number of hydrogen-bond donors (Lipinski definition) is 2. The van der Waals surface area contributed by atoms with Crippen molar-refractivity contribution in [3.05, 3.63) is 13.6 Å². The van der Waals surface area contributed by atoms with Gasteiger partial charge in [-0.25, -0.2) is 13.1 Å². The molecule has 0 bridgehead atoms. The molecule has 0 radical (unpaired) electrons. The van der Waals surface area contributed by atoms with Crippen LogP contribution in [-0.4, -0.2) is 25.7 Å². The highest BCUT2D eigenvalue weighted by atomic mass is 79.9. The van der Waals surface area contributed by atoms with E-state index >= 15 is 0 Å². The normalized spacial score (nSPS) is 15.7. The smallest absolute Gasteiger partial charge is 0.242 e. The number of hydrogen-bond acceptors (Lipinski definition) is 4. The number of sulfonamides is 1. The fourth-order valence-electron chi connectivity index (χ4n) is 1.79. The molecule has 0 fully saturated rings. The quantitative estimate of drug-likeness (QED) is 0.721. The van der Waals surface area contributed by atoms with Gasteiger partial charge in [0, 0.05) is 6.54 Å². The average Bonchev–Trinajstić information content (AvgIpc) is 2.54. The second-order valence-electron chi connectivity index (χ2n) is 5.11. The van der Waals surface area contributed by atoms with Gasteiger partial charge in [0.15, 0.2) is 0 Å². The van der Waals surface area contributed by atoms with Crippen molar-refractivity contribution in [2.24, 2.45) is 5.92 Å². The number of halogens is 2. The van der Waals surface area contributed by atoms with Crippen molar-refractivity contribution in [2.75, 3.05) is 6.54 Å². The van der Waals surface area contributed by atoms with E-state index < -0.39 is 15.6 Å². The summed E-state index contributed by atoms with van der Waals surface area (Å²) in [5.74, 6) is 0.293. The van der Waals surface area contributed by atoms with Crippen LogP contribution in [0, 0.1) is 5.92 Å². The minimum absolute atomic E-state index is 0.00653. The second kappa shape index (κ2) is 6.53. The first-order valence-corrected chi connectivity index (χ1v) is 9.59. The van der Waals surface area contributed by atoms with E-state index in [0.29, 0.717) is 16.1 Å². The maximum atomic E-state index is 12.1. The Morgan fingerprint density at radius 3 is 2.47 bits per heavy atom. The number of rotatable bonds is 6. The highest BCUT2D eigenvalue weighted by Crippen LogP contribution is 2.34. The zero-order valence-electron chi connectivity index (χ0n) is 10.9. The third kappa shape index (κ3) is 5.43. The lowest BCUT2D eigenvalue weighted by Crippen LogP contribution is -2.41. The Hall–Kier alpha value is 0.530. The molecular weight excluding hydrogens is 418 g/mol. The van der Waals surface area contributed by atoms with Crippen molar-refractivity contribution >= 4 is 53.2 Å². The Balaban J connectivity index is 2.79. The Morgan fingerprint density at radius 1 is 1.47 bits per heavy atom. The van der Waals surface area contributed by atoms with Crippen LogP contribution in [0.5, 0.6) is 0 Å². The summed E-state index contributed by atoms with van der Waals surface area (Å²) in [5.41, 5.74) is -1.05. The summed E-state index contributed by atoms with van der Waals surface area (Å²) in [6.45, 7) is 5.59. The van der Waals surface area contributed by atoms with Crippen molar-refractivity contribution in [2.45, 2.75) is 37.7 Å². The molecule has 0 aliphatic carbocycles. The molecule has 8 heteroatoms. The molecule has 1 atom stereocenters. The molecule has 4 nitrogen and oxygen atoms in total. The van der Waals surface area contributed by atoms with Crippen LogP contribution in [0.2, 0.25) is 0 Å². The van der Waals surface area contributed by atoms with Crippen LogP contribution in [0.3, 0.4) is 0 Å². The van der Waals surface area contributed by atoms with Gasteiger partial charge < -0.3 is 5.11 Å². The van der Waals surface area contributed by atoms with Gasteiger partial charge in [-0.2, -0.15) is 0 Å². The predicted molar refractivity (Wildman–Crippen MR) is 85.0 cm³/mol. The summed E-state index contributed by atoms with van der Waals surface area (Å²) < 4.78 is 28.0. The van der Waals surface area contributed by atoms with Gasteiger partial charge in [0.2, 0.25) is 10.0 Å². The molecule has 0 spiro atoms. The number of aliphatic hydroxyl groups is 1. The van der Waals surface area contributed by atoms with Crippen molar-refractivity contribution < 1.29 is 13.5 Å². The van der Waals surface area contributed by atoms with Gasteiger partial charge >= 0.3 is 0 Å². The Kier molecular flexibility index (Phi) is 6.04. The Labute approximate surface area is 134 Å². The zero-order chi connectivity index (χ0) is 14.8. The molecule has 2 N–H and O–H groups in total. The molecule has 1 aromatic rings. The molecule has 0 saturated carbocycles. The number of nitrogens with one attached hydrogen (secondary N) is 1. The lowest BCUT2D eigenvalue weighted by atomic mass is 9.95. The summed E-state index contributed by atoms with van der Waals surface area (Å²) in [5, 5.41) is 10.1. The van der Waals surface area contributed by atoms with Crippen LogP contribution in [0.1, 0.15) is 27.2 Å². The highest BCUT2D eigenvalue weighted by Gasteiger charge is 2.27. The van der Waals surface area contributed by atoms with Crippen molar-refractivity contribution in [3.8, 4) is 0 Å². The second-order valence-corrected chi connectivity index (χ2v) is 10.6. The van der Waals surface area contributed by atoms with Gasteiger partial charge in [-0.05, 0) is 57.2 Å². The SMILES string of the molecule is CC(C)CC(C)(O)CNS(=O)(=O)c1cc(Br)sc1Br. The van der Waals surface area contributed by atoms with Crippen LogP contribution < -0.4 is 4.72 Å². The van der Waals surface area contributed by atoms with E-state index in [4.69, 9.17) is 0 Å². The van der Waals surface area contributed by atoms with Crippen LogP contribution in [0.4, 0.5) is 0 Å². The van der Waals surface area contributed by atoms with E-state index in [1.54, 1.807) is 6.92 Å². The molecule has 1 rings (SSSR count). The van der Waals surface area contributed by atoms with Crippen molar-refractivity contribution in [1.29, 1.82) is 0 Å². The molecular formula is C11H17Br2NO3S2. The molecule has 1 heterocycles. The van der Waals surface area contributed by atoms with E-state index in [-0.39, 0.29) is 11.4 Å². The summed E-state index contributed by atoms with van der Waals surface area (Å²) in [6, 6.07) is 1.54. The molecule has 0 aliphatic rings. The monoisotopic (exact) mass is 433 g/mol. The largest absolute Gasteiger partial charge is 0.389 e. The van der Waals surface area contributed by atoms with Gasteiger partial charge in [0.05, 0.1) is 13.2 Å². The molecule has 0 aliphatic heterocycles. The lowest BCUT2D eigenvalue weighted by molar-refractivity contribution is 0.0437. The van der Waals surface area contributed by atoms with Gasteiger partial charge in [-0.3, -0.25) is 0 Å². The van der Waals surface area contributed by atoms with Gasteiger partial charge in [-0.15, -0.1) is 11.3 Å². The van der Waals surface area contributed by atoms with Gasteiger partial charge in [0.1, 0.15) is 4.90 Å². The molecule has 1 unspecified atom stereocenters. The third-order valence-electron chi connectivity index (χ3n) is 2.41. The molecule has 0 amide bonds. The zero-order valence-corrected chi connectivity index (χ0v) is 15.7. The van der Waals surface area contributed by atoms with Crippen LogP contribution >= 0.6 is 43.2 Å². The summed E-state index contributed by atoms with van der Waals surface area (Å²) in [4.78, 5) is 0.185.